The third-order valence-electron chi connectivity index (χ3n) is 2.24. The molecule has 1 heterocycles. The van der Waals surface area contributed by atoms with Gasteiger partial charge in [0.2, 0.25) is 0 Å². The van der Waals surface area contributed by atoms with Crippen LogP contribution in [-0.4, -0.2) is 29.4 Å². The van der Waals surface area contributed by atoms with Crippen molar-refractivity contribution in [1.82, 2.24) is 9.13 Å². The van der Waals surface area contributed by atoms with Gasteiger partial charge in [0.25, 0.3) is 5.56 Å². The van der Waals surface area contributed by atoms with E-state index in [4.69, 9.17) is 10.5 Å². The summed E-state index contributed by atoms with van der Waals surface area (Å²) in [6.45, 7) is 1.65. The molecule has 0 radical (unpaired) electrons. The molecule has 0 amide bonds. The van der Waals surface area contributed by atoms with E-state index in [0.717, 1.165) is 11.0 Å². The minimum atomic E-state index is -0.311. The van der Waals surface area contributed by atoms with Crippen molar-refractivity contribution >= 4 is 0 Å². The molecule has 0 spiro atoms. The van der Waals surface area contributed by atoms with Gasteiger partial charge in [0.15, 0.2) is 0 Å². The number of nitrogens with two attached hydrogens (primary N) is 1. The summed E-state index contributed by atoms with van der Waals surface area (Å²) in [5, 5.41) is 0. The molecule has 1 aromatic rings. The molecule has 1 aromatic heterocycles. The Kier molecular flexibility index (Phi) is 4.94. The van der Waals surface area contributed by atoms with E-state index in [1.165, 1.54) is 16.8 Å². The van der Waals surface area contributed by atoms with Gasteiger partial charge in [-0.3, -0.25) is 9.36 Å². The van der Waals surface area contributed by atoms with Crippen molar-refractivity contribution in [2.75, 3.05) is 20.3 Å². The van der Waals surface area contributed by atoms with Crippen molar-refractivity contribution in [3.63, 3.8) is 0 Å². The topological polar surface area (TPSA) is 79.2 Å². The fraction of sp³-hybridized carbons (Fsp3) is 0.600. The van der Waals surface area contributed by atoms with Crippen LogP contribution in [-0.2, 0) is 17.8 Å². The van der Waals surface area contributed by atoms with E-state index in [1.807, 2.05) is 0 Å². The highest BCUT2D eigenvalue weighted by Crippen LogP contribution is 1.86. The lowest BCUT2D eigenvalue weighted by Crippen LogP contribution is -2.40. The number of rotatable bonds is 6. The first-order chi connectivity index (χ1) is 7.70. The summed E-state index contributed by atoms with van der Waals surface area (Å²) in [6, 6.07) is 1.38. The molecule has 0 saturated carbocycles. The van der Waals surface area contributed by atoms with Crippen molar-refractivity contribution in [3.05, 3.63) is 33.1 Å². The van der Waals surface area contributed by atoms with Gasteiger partial charge in [0.1, 0.15) is 0 Å². The molecule has 1 rings (SSSR count). The molecule has 90 valence electrons. The normalized spacial score (nSPS) is 10.6. The molecular weight excluding hydrogens is 210 g/mol. The zero-order valence-electron chi connectivity index (χ0n) is 9.39. The van der Waals surface area contributed by atoms with Crippen molar-refractivity contribution in [1.29, 1.82) is 0 Å². The van der Waals surface area contributed by atoms with Crippen LogP contribution in [0.2, 0.25) is 0 Å². The van der Waals surface area contributed by atoms with Gasteiger partial charge in [0.05, 0.1) is 0 Å². The van der Waals surface area contributed by atoms with Gasteiger partial charge in [-0.25, -0.2) is 4.79 Å². The largest absolute Gasteiger partial charge is 0.385 e. The summed E-state index contributed by atoms with van der Waals surface area (Å²) in [5.41, 5.74) is 4.72. The highest BCUT2D eigenvalue weighted by Gasteiger charge is 2.03. The highest BCUT2D eigenvalue weighted by atomic mass is 16.5. The van der Waals surface area contributed by atoms with Crippen LogP contribution < -0.4 is 17.0 Å². The number of hydrogen-bond donors (Lipinski definition) is 1. The molecule has 0 fully saturated rings. The summed E-state index contributed by atoms with van der Waals surface area (Å²) in [7, 11) is 1.61. The minimum Gasteiger partial charge on any atom is -0.385 e. The van der Waals surface area contributed by atoms with Crippen LogP contribution in [0, 0.1) is 0 Å². The molecule has 16 heavy (non-hydrogen) atoms. The monoisotopic (exact) mass is 227 g/mol. The first-order valence-corrected chi connectivity index (χ1v) is 5.20. The Labute approximate surface area is 93.3 Å². The van der Waals surface area contributed by atoms with Gasteiger partial charge in [-0.15, -0.1) is 0 Å². The lowest BCUT2D eigenvalue weighted by atomic mass is 10.4. The summed E-state index contributed by atoms with van der Waals surface area (Å²) in [5.74, 6) is 0. The van der Waals surface area contributed by atoms with E-state index in [9.17, 15) is 9.59 Å². The maximum Gasteiger partial charge on any atom is 0.331 e. The Morgan fingerprint density at radius 1 is 1.38 bits per heavy atom. The van der Waals surface area contributed by atoms with Crippen LogP contribution in [0.3, 0.4) is 0 Å². The number of ether oxygens (including phenoxy) is 1. The third kappa shape index (κ3) is 3.04. The lowest BCUT2D eigenvalue weighted by molar-refractivity contribution is 0.189. The summed E-state index contributed by atoms with van der Waals surface area (Å²) in [4.78, 5) is 23.2. The molecular formula is C10H17N3O3. The van der Waals surface area contributed by atoms with E-state index in [0.29, 0.717) is 13.2 Å². The van der Waals surface area contributed by atoms with Crippen LogP contribution in [0.5, 0.6) is 0 Å². The number of nitrogens with zero attached hydrogens (tertiary/aromatic N) is 2. The van der Waals surface area contributed by atoms with E-state index >= 15 is 0 Å². The van der Waals surface area contributed by atoms with E-state index < -0.39 is 0 Å². The Bertz CT molecular complexity index is 436. The van der Waals surface area contributed by atoms with Gasteiger partial charge >= 0.3 is 5.69 Å². The SMILES string of the molecule is COCCCn1ccc(=O)n(CCN)c1=O. The van der Waals surface area contributed by atoms with E-state index in [-0.39, 0.29) is 24.3 Å². The fourth-order valence-electron chi connectivity index (χ4n) is 1.44. The van der Waals surface area contributed by atoms with Crippen molar-refractivity contribution in [3.8, 4) is 0 Å². The Hall–Kier alpha value is -1.40. The average Bonchev–Trinajstić information content (AvgIpc) is 2.28. The predicted octanol–water partition coefficient (Wildman–Crippen LogP) is -0.995. The quantitative estimate of drug-likeness (QED) is 0.632. The van der Waals surface area contributed by atoms with Crippen LogP contribution in [0.15, 0.2) is 21.9 Å². The van der Waals surface area contributed by atoms with Gasteiger partial charge in [0, 0.05) is 45.6 Å². The van der Waals surface area contributed by atoms with Crippen LogP contribution in [0.4, 0.5) is 0 Å². The molecule has 0 aliphatic carbocycles. The Balaban J connectivity index is 2.90. The van der Waals surface area contributed by atoms with Gasteiger partial charge < -0.3 is 15.0 Å². The molecule has 0 saturated heterocycles. The van der Waals surface area contributed by atoms with Crippen LogP contribution in [0.25, 0.3) is 0 Å². The molecule has 0 aliphatic heterocycles. The van der Waals surface area contributed by atoms with Gasteiger partial charge in [-0.1, -0.05) is 0 Å². The molecule has 0 atom stereocenters. The van der Waals surface area contributed by atoms with Crippen molar-refractivity contribution < 1.29 is 4.74 Å². The predicted molar refractivity (Wildman–Crippen MR) is 60.5 cm³/mol. The molecule has 0 aromatic carbocycles. The highest BCUT2D eigenvalue weighted by molar-refractivity contribution is 4.86. The summed E-state index contributed by atoms with van der Waals surface area (Å²) in [6.07, 6.45) is 2.24. The maximum atomic E-state index is 11.8. The lowest BCUT2D eigenvalue weighted by Gasteiger charge is -2.08. The average molecular weight is 227 g/mol. The molecule has 0 unspecified atom stereocenters. The molecule has 6 heteroatoms. The minimum absolute atomic E-state index is 0.253. The second kappa shape index (κ2) is 6.24. The Morgan fingerprint density at radius 3 is 2.75 bits per heavy atom. The number of methoxy groups -OCH3 is 1. The van der Waals surface area contributed by atoms with Gasteiger partial charge in [-0.05, 0) is 6.42 Å². The second-order valence-electron chi connectivity index (χ2n) is 3.42. The smallest absolute Gasteiger partial charge is 0.331 e. The fourth-order valence-corrected chi connectivity index (χ4v) is 1.44. The van der Waals surface area contributed by atoms with Crippen LogP contribution >= 0.6 is 0 Å². The Morgan fingerprint density at radius 2 is 2.12 bits per heavy atom. The second-order valence-corrected chi connectivity index (χ2v) is 3.42. The zero-order chi connectivity index (χ0) is 12.0. The molecule has 0 aliphatic rings. The zero-order valence-corrected chi connectivity index (χ0v) is 9.39. The van der Waals surface area contributed by atoms with Crippen molar-refractivity contribution in [2.24, 2.45) is 5.73 Å². The summed E-state index contributed by atoms with van der Waals surface area (Å²) >= 11 is 0. The first kappa shape index (κ1) is 12.7. The number of aromatic nitrogens is 2. The third-order valence-corrected chi connectivity index (χ3v) is 2.24. The first-order valence-electron chi connectivity index (χ1n) is 5.20. The standard InChI is InChI=1S/C10H17N3O3/c1-16-8-2-5-12-6-3-9(14)13(7-4-11)10(12)15/h3,6H,2,4-5,7-8,11H2,1H3. The molecule has 2 N–H and O–H groups in total. The molecule has 0 bridgehead atoms. The summed E-state index contributed by atoms with van der Waals surface area (Å²) < 4.78 is 7.54. The number of hydrogen-bond acceptors (Lipinski definition) is 4. The maximum absolute atomic E-state index is 11.8. The van der Waals surface area contributed by atoms with Crippen molar-refractivity contribution in [2.45, 2.75) is 19.5 Å². The van der Waals surface area contributed by atoms with Crippen LogP contribution in [0.1, 0.15) is 6.42 Å². The van der Waals surface area contributed by atoms with E-state index in [2.05, 4.69) is 0 Å². The number of aryl methyl sites for hydroxylation is 1. The van der Waals surface area contributed by atoms with E-state index in [1.54, 1.807) is 7.11 Å². The van der Waals surface area contributed by atoms with Gasteiger partial charge in [-0.2, -0.15) is 0 Å². The molecule has 6 nitrogen and oxygen atoms in total.